The van der Waals surface area contributed by atoms with Gasteiger partial charge in [0.05, 0.1) is 18.2 Å². The highest BCUT2D eigenvalue weighted by Gasteiger charge is 2.41. The zero-order chi connectivity index (χ0) is 20.5. The van der Waals surface area contributed by atoms with Crippen LogP contribution in [-0.2, 0) is 9.53 Å². The van der Waals surface area contributed by atoms with E-state index in [0.29, 0.717) is 15.8 Å². The second-order valence-electron chi connectivity index (χ2n) is 7.08. The molecule has 0 spiro atoms. The van der Waals surface area contributed by atoms with Gasteiger partial charge in [-0.25, -0.2) is 4.79 Å². The number of allylic oxidation sites excluding steroid dienone is 3. The standard InChI is InChI=1S/C21H23BrO5/c1-11-18(20(25)26)12(2)21(3,4)15(19(11)27-5)8-9-16(23)14-7-6-13(22)10-17(14)24/h6-10,15,24H,1-5H3,(H,25,26). The van der Waals surface area contributed by atoms with E-state index in [1.54, 1.807) is 32.1 Å². The molecule has 0 amide bonds. The molecule has 0 heterocycles. The Hall–Kier alpha value is -2.34. The molecule has 0 aliphatic heterocycles. The van der Waals surface area contributed by atoms with Crippen molar-refractivity contribution in [2.75, 3.05) is 7.11 Å². The molecule has 1 unspecified atom stereocenters. The largest absolute Gasteiger partial charge is 0.507 e. The Morgan fingerprint density at radius 3 is 2.41 bits per heavy atom. The molecule has 5 nitrogen and oxygen atoms in total. The maximum Gasteiger partial charge on any atom is 0.336 e. The Kier molecular flexibility index (Phi) is 6.00. The van der Waals surface area contributed by atoms with Crippen LogP contribution in [0.4, 0.5) is 0 Å². The molecular weight excluding hydrogens is 412 g/mol. The number of carboxylic acid groups (broad SMARTS) is 1. The predicted molar refractivity (Wildman–Crippen MR) is 107 cm³/mol. The normalized spacial score (nSPS) is 19.6. The van der Waals surface area contributed by atoms with Gasteiger partial charge < -0.3 is 14.9 Å². The molecule has 6 heteroatoms. The van der Waals surface area contributed by atoms with Crippen molar-refractivity contribution in [1.29, 1.82) is 0 Å². The van der Waals surface area contributed by atoms with E-state index >= 15 is 0 Å². The molecule has 144 valence electrons. The van der Waals surface area contributed by atoms with Gasteiger partial charge in [-0.05, 0) is 43.5 Å². The highest BCUT2D eigenvalue weighted by atomic mass is 79.9. The molecule has 0 saturated heterocycles. The topological polar surface area (TPSA) is 83.8 Å². The molecule has 2 N–H and O–H groups in total. The van der Waals surface area contributed by atoms with Crippen LogP contribution in [0.3, 0.4) is 0 Å². The average Bonchev–Trinajstić information content (AvgIpc) is 2.56. The van der Waals surface area contributed by atoms with Gasteiger partial charge in [0.15, 0.2) is 5.78 Å². The number of halogens is 1. The lowest BCUT2D eigenvalue weighted by Gasteiger charge is -2.40. The summed E-state index contributed by atoms with van der Waals surface area (Å²) in [4.78, 5) is 24.2. The number of carbonyl (C=O) groups is 2. The highest BCUT2D eigenvalue weighted by Crippen LogP contribution is 2.48. The van der Waals surface area contributed by atoms with Gasteiger partial charge in [0, 0.05) is 16.0 Å². The van der Waals surface area contributed by atoms with E-state index in [1.165, 1.54) is 19.3 Å². The number of phenolic OH excluding ortho intramolecular Hbond substituents is 1. The van der Waals surface area contributed by atoms with Gasteiger partial charge in [0.2, 0.25) is 0 Å². The van der Waals surface area contributed by atoms with E-state index in [1.807, 2.05) is 13.8 Å². The number of aromatic hydroxyl groups is 1. The van der Waals surface area contributed by atoms with Gasteiger partial charge in [0.1, 0.15) is 11.5 Å². The molecular formula is C21H23BrO5. The van der Waals surface area contributed by atoms with Crippen molar-refractivity contribution in [3.8, 4) is 5.75 Å². The minimum Gasteiger partial charge on any atom is -0.507 e. The number of hydrogen-bond acceptors (Lipinski definition) is 4. The quantitative estimate of drug-likeness (QED) is 0.509. The summed E-state index contributed by atoms with van der Waals surface area (Å²) in [6, 6.07) is 4.69. The van der Waals surface area contributed by atoms with E-state index in [0.717, 1.165) is 5.57 Å². The molecule has 1 atom stereocenters. The SMILES string of the molecule is COC1=C(C)C(C(=O)O)=C(C)C(C)(C)C1C=CC(=O)c1ccc(Br)cc1O. The van der Waals surface area contributed by atoms with E-state index in [2.05, 4.69) is 15.9 Å². The van der Waals surface area contributed by atoms with Crippen molar-refractivity contribution in [2.45, 2.75) is 27.7 Å². The van der Waals surface area contributed by atoms with Crippen molar-refractivity contribution in [1.82, 2.24) is 0 Å². The number of benzene rings is 1. The number of hydrogen-bond donors (Lipinski definition) is 2. The molecule has 0 aromatic heterocycles. The molecule has 0 fully saturated rings. The molecule has 1 aromatic carbocycles. The van der Waals surface area contributed by atoms with Crippen molar-refractivity contribution in [3.63, 3.8) is 0 Å². The van der Waals surface area contributed by atoms with E-state index in [9.17, 15) is 19.8 Å². The number of methoxy groups -OCH3 is 1. The first kappa shape index (κ1) is 21.0. The maximum absolute atomic E-state index is 12.5. The van der Waals surface area contributed by atoms with Crippen LogP contribution in [0.25, 0.3) is 0 Å². The number of carboxylic acids is 1. The molecule has 0 saturated carbocycles. The summed E-state index contributed by atoms with van der Waals surface area (Å²) in [5.41, 5.74) is 1.16. The van der Waals surface area contributed by atoms with E-state index < -0.39 is 11.4 Å². The maximum atomic E-state index is 12.5. The summed E-state index contributed by atoms with van der Waals surface area (Å²) >= 11 is 3.24. The lowest BCUT2D eigenvalue weighted by molar-refractivity contribution is -0.132. The average molecular weight is 435 g/mol. The third-order valence-corrected chi connectivity index (χ3v) is 5.74. The Balaban J connectivity index is 2.47. The van der Waals surface area contributed by atoms with E-state index in [-0.39, 0.29) is 28.6 Å². The minimum atomic E-state index is -0.995. The van der Waals surface area contributed by atoms with Crippen LogP contribution in [0.5, 0.6) is 5.75 Å². The first-order valence-electron chi connectivity index (χ1n) is 8.43. The number of ketones is 1. The zero-order valence-electron chi connectivity index (χ0n) is 16.0. The summed E-state index contributed by atoms with van der Waals surface area (Å²) in [7, 11) is 1.50. The van der Waals surface area contributed by atoms with Crippen LogP contribution >= 0.6 is 15.9 Å². The lowest BCUT2D eigenvalue weighted by Crippen LogP contribution is -2.33. The summed E-state index contributed by atoms with van der Waals surface area (Å²) in [6.07, 6.45) is 3.12. The Labute approximate surface area is 167 Å². The highest BCUT2D eigenvalue weighted by molar-refractivity contribution is 9.10. The van der Waals surface area contributed by atoms with Crippen LogP contribution in [0.15, 0.2) is 57.3 Å². The van der Waals surface area contributed by atoms with Crippen LogP contribution in [0.1, 0.15) is 38.1 Å². The molecule has 0 bridgehead atoms. The molecule has 2 rings (SSSR count). The Bertz CT molecular complexity index is 890. The molecule has 1 aliphatic carbocycles. The monoisotopic (exact) mass is 434 g/mol. The number of carbonyl (C=O) groups excluding carboxylic acids is 1. The van der Waals surface area contributed by atoms with Gasteiger partial charge in [-0.15, -0.1) is 0 Å². The molecule has 27 heavy (non-hydrogen) atoms. The van der Waals surface area contributed by atoms with Crippen molar-refractivity contribution in [2.24, 2.45) is 11.3 Å². The fourth-order valence-corrected chi connectivity index (χ4v) is 3.79. The molecule has 1 aromatic rings. The number of aliphatic carboxylic acids is 1. The summed E-state index contributed by atoms with van der Waals surface area (Å²) in [5, 5.41) is 19.6. The number of rotatable bonds is 5. The van der Waals surface area contributed by atoms with Crippen LogP contribution < -0.4 is 0 Å². The third-order valence-electron chi connectivity index (χ3n) is 5.25. The Morgan fingerprint density at radius 1 is 1.26 bits per heavy atom. The van der Waals surface area contributed by atoms with Crippen LogP contribution in [-0.4, -0.2) is 29.1 Å². The first-order valence-corrected chi connectivity index (χ1v) is 9.22. The van der Waals surface area contributed by atoms with Gasteiger partial charge in [0.25, 0.3) is 0 Å². The lowest BCUT2D eigenvalue weighted by atomic mass is 9.66. The zero-order valence-corrected chi connectivity index (χ0v) is 17.5. The predicted octanol–water partition coefficient (Wildman–Crippen LogP) is 4.87. The number of ether oxygens (including phenoxy) is 1. The van der Waals surface area contributed by atoms with Crippen LogP contribution in [0.2, 0.25) is 0 Å². The fraction of sp³-hybridized carbons (Fsp3) is 0.333. The van der Waals surface area contributed by atoms with Gasteiger partial charge >= 0.3 is 5.97 Å². The third kappa shape index (κ3) is 3.86. The summed E-state index contributed by atoms with van der Waals surface area (Å²) < 4.78 is 6.20. The van der Waals surface area contributed by atoms with Crippen molar-refractivity contribution >= 4 is 27.7 Å². The van der Waals surface area contributed by atoms with E-state index in [4.69, 9.17) is 4.74 Å². The summed E-state index contributed by atoms with van der Waals surface area (Å²) in [5.74, 6) is -1.23. The fourth-order valence-electron chi connectivity index (χ4n) is 3.44. The smallest absolute Gasteiger partial charge is 0.336 e. The summed E-state index contributed by atoms with van der Waals surface area (Å²) in [6.45, 7) is 7.35. The second kappa shape index (κ2) is 7.72. The number of phenols is 1. The molecule has 1 aliphatic rings. The second-order valence-corrected chi connectivity index (χ2v) is 8.00. The molecule has 0 radical (unpaired) electrons. The first-order chi connectivity index (χ1) is 12.5. The van der Waals surface area contributed by atoms with Gasteiger partial charge in [-0.3, -0.25) is 4.79 Å². The van der Waals surface area contributed by atoms with Crippen molar-refractivity contribution < 1.29 is 24.5 Å². The Morgan fingerprint density at radius 2 is 1.89 bits per heavy atom. The van der Waals surface area contributed by atoms with Gasteiger partial charge in [-0.1, -0.05) is 41.4 Å². The van der Waals surface area contributed by atoms with Crippen molar-refractivity contribution in [3.05, 3.63) is 62.9 Å². The minimum absolute atomic E-state index is 0.107. The van der Waals surface area contributed by atoms with Crippen LogP contribution in [0, 0.1) is 11.3 Å². The van der Waals surface area contributed by atoms with Gasteiger partial charge in [-0.2, -0.15) is 0 Å².